The molecule has 0 aliphatic rings. The zero-order chi connectivity index (χ0) is 17.4. The summed E-state index contributed by atoms with van der Waals surface area (Å²) in [5.41, 5.74) is 1.65. The highest BCUT2D eigenvalue weighted by atomic mass is 35.5. The molecule has 0 unspecified atom stereocenters. The molecule has 0 radical (unpaired) electrons. The van der Waals surface area contributed by atoms with E-state index < -0.39 is 12.0 Å². The van der Waals surface area contributed by atoms with Crippen molar-refractivity contribution in [3.8, 4) is 0 Å². The van der Waals surface area contributed by atoms with Crippen molar-refractivity contribution in [2.45, 2.75) is 18.9 Å². The Hall–Kier alpha value is -2.37. The lowest BCUT2D eigenvalue weighted by Gasteiger charge is -2.14. The van der Waals surface area contributed by atoms with Crippen LogP contribution in [0.25, 0.3) is 0 Å². The lowest BCUT2D eigenvalue weighted by Crippen LogP contribution is -2.40. The monoisotopic (exact) mass is 346 g/mol. The molecule has 0 spiro atoms. The van der Waals surface area contributed by atoms with Crippen LogP contribution in [0.4, 0.5) is 5.69 Å². The van der Waals surface area contributed by atoms with Crippen LogP contribution in [0.2, 0.25) is 5.02 Å². The van der Waals surface area contributed by atoms with Gasteiger partial charge in [0.25, 0.3) is 0 Å². The van der Waals surface area contributed by atoms with Crippen LogP contribution in [0, 0.1) is 0 Å². The van der Waals surface area contributed by atoms with E-state index in [4.69, 9.17) is 11.6 Å². The molecule has 0 bridgehead atoms. The van der Waals surface area contributed by atoms with Crippen LogP contribution in [0.5, 0.6) is 0 Å². The Labute approximate surface area is 145 Å². The van der Waals surface area contributed by atoms with Crippen LogP contribution < -0.4 is 10.6 Å². The summed E-state index contributed by atoms with van der Waals surface area (Å²) in [7, 11) is 0. The van der Waals surface area contributed by atoms with E-state index in [1.807, 2.05) is 30.3 Å². The summed E-state index contributed by atoms with van der Waals surface area (Å²) >= 11 is 5.85. The van der Waals surface area contributed by atoms with Gasteiger partial charge in [0.15, 0.2) is 0 Å². The molecule has 3 N–H and O–H groups in total. The number of carbonyl (C=O) groups excluding carboxylic acids is 1. The molecule has 0 fully saturated rings. The molecule has 6 heteroatoms. The first-order chi connectivity index (χ1) is 11.5. The fourth-order valence-corrected chi connectivity index (χ4v) is 2.44. The van der Waals surface area contributed by atoms with Gasteiger partial charge in [-0.1, -0.05) is 48.0 Å². The standard InChI is InChI=1S/C18H19ClN2O3/c19-14-7-4-8-15(11-14)21-17(22)12-16(18(23)24)20-10-9-13-5-2-1-3-6-13/h1-8,11,16,20H,9-10,12H2,(H,21,22)(H,23,24)/t16-/m0/s1. The van der Waals surface area contributed by atoms with Gasteiger partial charge >= 0.3 is 5.97 Å². The number of nitrogens with one attached hydrogen (secondary N) is 2. The minimum Gasteiger partial charge on any atom is -0.480 e. The fourth-order valence-electron chi connectivity index (χ4n) is 2.25. The van der Waals surface area contributed by atoms with E-state index in [0.29, 0.717) is 23.7 Å². The smallest absolute Gasteiger partial charge is 0.321 e. The van der Waals surface area contributed by atoms with Crippen LogP contribution in [-0.2, 0) is 16.0 Å². The highest BCUT2D eigenvalue weighted by molar-refractivity contribution is 6.30. The molecule has 1 atom stereocenters. The van der Waals surface area contributed by atoms with E-state index >= 15 is 0 Å². The summed E-state index contributed by atoms with van der Waals surface area (Å²) in [5.74, 6) is -1.43. The average molecular weight is 347 g/mol. The second-order valence-electron chi connectivity index (χ2n) is 5.34. The first-order valence-electron chi connectivity index (χ1n) is 7.60. The molecule has 0 saturated carbocycles. The SMILES string of the molecule is O=C(C[C@H](NCCc1ccccc1)C(=O)O)Nc1cccc(Cl)c1. The lowest BCUT2D eigenvalue weighted by atomic mass is 10.1. The van der Waals surface area contributed by atoms with Gasteiger partial charge in [-0.2, -0.15) is 0 Å². The van der Waals surface area contributed by atoms with Crippen molar-refractivity contribution in [3.05, 3.63) is 65.2 Å². The summed E-state index contributed by atoms with van der Waals surface area (Å²) in [6, 6.07) is 15.5. The second kappa shape index (κ2) is 9.05. The Kier molecular flexibility index (Phi) is 6.78. The molecule has 126 valence electrons. The highest BCUT2D eigenvalue weighted by Gasteiger charge is 2.20. The molecular formula is C18H19ClN2O3. The number of carboxylic acid groups (broad SMARTS) is 1. The molecule has 1 amide bonds. The minimum atomic E-state index is -1.05. The third kappa shape index (κ3) is 6.02. The number of carboxylic acids is 1. The van der Waals surface area contributed by atoms with Crippen molar-refractivity contribution in [1.29, 1.82) is 0 Å². The predicted molar refractivity (Wildman–Crippen MR) is 94.3 cm³/mol. The second-order valence-corrected chi connectivity index (χ2v) is 5.78. The zero-order valence-electron chi connectivity index (χ0n) is 13.0. The van der Waals surface area contributed by atoms with E-state index in [1.165, 1.54) is 0 Å². The Morgan fingerprint density at radius 2 is 1.83 bits per heavy atom. The van der Waals surface area contributed by atoms with Crippen molar-refractivity contribution >= 4 is 29.2 Å². The number of carbonyl (C=O) groups is 2. The maximum absolute atomic E-state index is 12.0. The number of anilines is 1. The molecule has 2 aromatic rings. The van der Waals surface area contributed by atoms with E-state index in [1.54, 1.807) is 24.3 Å². The number of amides is 1. The Bertz CT molecular complexity index is 692. The number of halogens is 1. The molecule has 2 rings (SSSR count). The highest BCUT2D eigenvalue weighted by Crippen LogP contribution is 2.15. The molecule has 0 aromatic heterocycles. The number of aliphatic carboxylic acids is 1. The fraction of sp³-hybridized carbons (Fsp3) is 0.222. The first-order valence-corrected chi connectivity index (χ1v) is 7.98. The normalized spacial score (nSPS) is 11.7. The maximum Gasteiger partial charge on any atom is 0.321 e. The summed E-state index contributed by atoms with van der Waals surface area (Å²) in [6.45, 7) is 0.478. The van der Waals surface area contributed by atoms with Crippen molar-refractivity contribution in [2.75, 3.05) is 11.9 Å². The maximum atomic E-state index is 12.0. The topological polar surface area (TPSA) is 78.4 Å². The van der Waals surface area contributed by atoms with Crippen molar-refractivity contribution in [2.24, 2.45) is 0 Å². The van der Waals surface area contributed by atoms with Gasteiger partial charge in [0, 0.05) is 10.7 Å². The zero-order valence-corrected chi connectivity index (χ0v) is 13.8. The summed E-state index contributed by atoms with van der Waals surface area (Å²) in [5, 5.41) is 15.3. The molecule has 2 aromatic carbocycles. The van der Waals surface area contributed by atoms with Crippen LogP contribution in [-0.4, -0.2) is 29.6 Å². The molecular weight excluding hydrogens is 328 g/mol. The average Bonchev–Trinajstić information content (AvgIpc) is 2.54. The third-order valence-corrected chi connectivity index (χ3v) is 3.68. The number of rotatable bonds is 8. The summed E-state index contributed by atoms with van der Waals surface area (Å²) in [4.78, 5) is 23.3. The van der Waals surface area contributed by atoms with Gasteiger partial charge in [0.1, 0.15) is 6.04 Å². The quantitative estimate of drug-likeness (QED) is 0.686. The van der Waals surface area contributed by atoms with E-state index in [9.17, 15) is 14.7 Å². The van der Waals surface area contributed by atoms with Crippen LogP contribution in [0.3, 0.4) is 0 Å². The molecule has 0 aliphatic carbocycles. The lowest BCUT2D eigenvalue weighted by molar-refractivity contribution is -0.141. The predicted octanol–water partition coefficient (Wildman–Crippen LogP) is 2.95. The van der Waals surface area contributed by atoms with Gasteiger partial charge in [-0.15, -0.1) is 0 Å². The molecule has 0 heterocycles. The first kappa shape index (κ1) is 18.0. The van der Waals surface area contributed by atoms with Crippen molar-refractivity contribution in [1.82, 2.24) is 5.32 Å². The van der Waals surface area contributed by atoms with Gasteiger partial charge in [-0.3, -0.25) is 9.59 Å². The van der Waals surface area contributed by atoms with Gasteiger partial charge in [-0.05, 0) is 36.7 Å². The Morgan fingerprint density at radius 3 is 2.50 bits per heavy atom. The van der Waals surface area contributed by atoms with Crippen molar-refractivity contribution < 1.29 is 14.7 Å². The Balaban J connectivity index is 1.84. The summed E-state index contributed by atoms with van der Waals surface area (Å²) in [6.07, 6.45) is 0.539. The number of hydrogen-bond acceptors (Lipinski definition) is 3. The molecule has 0 saturated heterocycles. The minimum absolute atomic E-state index is 0.156. The molecule has 24 heavy (non-hydrogen) atoms. The number of benzene rings is 2. The van der Waals surface area contributed by atoms with Gasteiger partial charge in [-0.25, -0.2) is 0 Å². The van der Waals surface area contributed by atoms with Gasteiger partial charge < -0.3 is 15.7 Å². The van der Waals surface area contributed by atoms with E-state index in [0.717, 1.165) is 5.56 Å². The van der Waals surface area contributed by atoms with Gasteiger partial charge in [0.2, 0.25) is 5.91 Å². The Morgan fingerprint density at radius 1 is 1.08 bits per heavy atom. The third-order valence-electron chi connectivity index (χ3n) is 3.44. The van der Waals surface area contributed by atoms with Crippen molar-refractivity contribution in [3.63, 3.8) is 0 Å². The van der Waals surface area contributed by atoms with Crippen LogP contribution in [0.15, 0.2) is 54.6 Å². The largest absolute Gasteiger partial charge is 0.480 e. The van der Waals surface area contributed by atoms with E-state index in [-0.39, 0.29) is 12.3 Å². The van der Waals surface area contributed by atoms with Gasteiger partial charge in [0.05, 0.1) is 6.42 Å². The van der Waals surface area contributed by atoms with Crippen LogP contribution in [0.1, 0.15) is 12.0 Å². The molecule has 0 aliphatic heterocycles. The summed E-state index contributed by atoms with van der Waals surface area (Å²) < 4.78 is 0. The van der Waals surface area contributed by atoms with E-state index in [2.05, 4.69) is 10.6 Å². The molecule has 5 nitrogen and oxygen atoms in total. The van der Waals surface area contributed by atoms with Crippen LogP contribution >= 0.6 is 11.6 Å². The number of hydrogen-bond donors (Lipinski definition) is 3.